The second-order valence-corrected chi connectivity index (χ2v) is 7.84. The Labute approximate surface area is 184 Å². The van der Waals surface area contributed by atoms with E-state index in [1.165, 1.54) is 11.2 Å². The molecule has 0 radical (unpaired) electrons. The second kappa shape index (κ2) is 11.3. The Morgan fingerprint density at radius 2 is 1.93 bits per heavy atom. The number of hydroxylamine groups is 1. The molecular formula is C21H26BrN5O3. The van der Waals surface area contributed by atoms with Crippen molar-refractivity contribution in [3.8, 4) is 0 Å². The van der Waals surface area contributed by atoms with Gasteiger partial charge in [-0.05, 0) is 43.2 Å². The summed E-state index contributed by atoms with van der Waals surface area (Å²) in [6, 6.07) is 14.3. The number of hydrazine groups is 1. The molecule has 2 rings (SSSR count). The Bertz CT molecular complexity index is 902. The number of nitrogens with two attached hydrogens (primary N) is 2. The van der Waals surface area contributed by atoms with Crippen LogP contribution >= 0.6 is 15.9 Å². The quantitative estimate of drug-likeness (QED) is 0.214. The Morgan fingerprint density at radius 1 is 1.23 bits per heavy atom. The fourth-order valence-electron chi connectivity index (χ4n) is 2.81. The van der Waals surface area contributed by atoms with Crippen molar-refractivity contribution in [2.45, 2.75) is 25.8 Å². The van der Waals surface area contributed by atoms with Crippen LogP contribution in [0, 0.1) is 6.92 Å². The number of rotatable bonds is 9. The highest BCUT2D eigenvalue weighted by Gasteiger charge is 2.19. The molecule has 8 nitrogen and oxygen atoms in total. The van der Waals surface area contributed by atoms with Crippen LogP contribution in [0.3, 0.4) is 0 Å². The normalized spacial score (nSPS) is 12.2. The summed E-state index contributed by atoms with van der Waals surface area (Å²) in [6.45, 7) is 2.04. The number of nitrogens with zero attached hydrogens (tertiary/aromatic N) is 1. The van der Waals surface area contributed by atoms with E-state index < -0.39 is 11.9 Å². The lowest BCUT2D eigenvalue weighted by molar-refractivity contribution is -0.130. The number of halogens is 1. The van der Waals surface area contributed by atoms with Gasteiger partial charge < -0.3 is 16.1 Å². The molecule has 1 unspecified atom stereocenters. The molecular weight excluding hydrogens is 450 g/mol. The molecule has 160 valence electrons. The van der Waals surface area contributed by atoms with Gasteiger partial charge in [-0.15, -0.1) is 0 Å². The minimum absolute atomic E-state index is 0.0426. The summed E-state index contributed by atoms with van der Waals surface area (Å²) >= 11 is 3.41. The van der Waals surface area contributed by atoms with E-state index >= 15 is 0 Å². The van der Waals surface area contributed by atoms with Crippen molar-refractivity contribution in [1.82, 2.24) is 15.8 Å². The van der Waals surface area contributed by atoms with E-state index in [-0.39, 0.29) is 18.9 Å². The van der Waals surface area contributed by atoms with Gasteiger partial charge in [0.15, 0.2) is 0 Å². The standard InChI is InChI=1S/C21H26BrN5O3/c1-14-5-7-16(8-6-14)21(29)25-12-18(23)13-27(24)19(11-20(28)26-30)10-15-3-2-4-17(22)9-15/h2-9,13,19,30H,10-12,23-24H2,1H3,(H,25,29)(H,26,28)/b18-13-. The number of hydrogen-bond donors (Lipinski definition) is 5. The smallest absolute Gasteiger partial charge is 0.251 e. The van der Waals surface area contributed by atoms with Crippen LogP contribution in [-0.4, -0.2) is 34.6 Å². The first-order chi connectivity index (χ1) is 14.3. The van der Waals surface area contributed by atoms with Crippen LogP contribution in [0.15, 0.2) is 64.9 Å². The van der Waals surface area contributed by atoms with Gasteiger partial charge in [0, 0.05) is 21.9 Å². The fourth-order valence-corrected chi connectivity index (χ4v) is 3.26. The average Bonchev–Trinajstić information content (AvgIpc) is 2.72. The van der Waals surface area contributed by atoms with Crippen molar-refractivity contribution >= 4 is 27.7 Å². The number of carbonyl (C=O) groups is 2. The Hall–Kier alpha value is -2.88. The lowest BCUT2D eigenvalue weighted by Crippen LogP contribution is -2.42. The number of amides is 2. The van der Waals surface area contributed by atoms with Crippen molar-refractivity contribution in [3.05, 3.63) is 81.6 Å². The summed E-state index contributed by atoms with van der Waals surface area (Å²) in [5, 5.41) is 12.9. The van der Waals surface area contributed by atoms with Crippen molar-refractivity contribution in [1.29, 1.82) is 0 Å². The molecule has 0 fully saturated rings. The largest absolute Gasteiger partial charge is 0.399 e. The first-order valence-electron chi connectivity index (χ1n) is 9.30. The molecule has 0 spiro atoms. The Morgan fingerprint density at radius 3 is 2.57 bits per heavy atom. The Balaban J connectivity index is 2.03. The molecule has 2 amide bonds. The van der Waals surface area contributed by atoms with Crippen molar-refractivity contribution in [2.24, 2.45) is 11.6 Å². The van der Waals surface area contributed by atoms with E-state index in [1.54, 1.807) is 17.6 Å². The van der Waals surface area contributed by atoms with Crippen LogP contribution in [-0.2, 0) is 11.2 Å². The zero-order valence-corrected chi connectivity index (χ0v) is 18.2. The summed E-state index contributed by atoms with van der Waals surface area (Å²) in [5.74, 6) is 5.32. The first kappa shape index (κ1) is 23.4. The van der Waals surface area contributed by atoms with Crippen molar-refractivity contribution in [3.63, 3.8) is 0 Å². The molecule has 0 aromatic heterocycles. The van der Waals surface area contributed by atoms with Gasteiger partial charge in [-0.2, -0.15) is 0 Å². The van der Waals surface area contributed by atoms with Gasteiger partial charge in [0.25, 0.3) is 5.91 Å². The van der Waals surface area contributed by atoms with E-state index in [4.69, 9.17) is 16.8 Å². The fraction of sp³-hybridized carbons (Fsp3) is 0.238. The summed E-state index contributed by atoms with van der Waals surface area (Å²) < 4.78 is 0.905. The Kier molecular flexibility index (Phi) is 8.85. The highest BCUT2D eigenvalue weighted by molar-refractivity contribution is 9.10. The zero-order valence-electron chi connectivity index (χ0n) is 16.6. The van der Waals surface area contributed by atoms with E-state index in [1.807, 2.05) is 43.3 Å². The number of aryl methyl sites for hydroxylation is 1. The van der Waals surface area contributed by atoms with E-state index in [0.717, 1.165) is 15.6 Å². The third-order valence-corrected chi connectivity index (χ3v) is 4.90. The third-order valence-electron chi connectivity index (χ3n) is 4.41. The van der Waals surface area contributed by atoms with E-state index in [2.05, 4.69) is 21.2 Å². The maximum Gasteiger partial charge on any atom is 0.251 e. The lowest BCUT2D eigenvalue weighted by Gasteiger charge is -2.26. The highest BCUT2D eigenvalue weighted by atomic mass is 79.9. The number of carbonyl (C=O) groups excluding carboxylic acids is 2. The van der Waals surface area contributed by atoms with Crippen molar-refractivity contribution < 1.29 is 14.8 Å². The molecule has 1 atom stereocenters. The molecule has 9 heteroatoms. The maximum absolute atomic E-state index is 12.2. The molecule has 0 bridgehead atoms. The van der Waals surface area contributed by atoms with E-state index in [0.29, 0.717) is 17.7 Å². The van der Waals surface area contributed by atoms with Gasteiger partial charge in [-0.1, -0.05) is 45.8 Å². The van der Waals surface area contributed by atoms with Crippen LogP contribution in [0.2, 0.25) is 0 Å². The molecule has 2 aromatic rings. The molecule has 0 aliphatic carbocycles. The summed E-state index contributed by atoms with van der Waals surface area (Å²) in [5.41, 5.74) is 10.5. The van der Waals surface area contributed by atoms with Crippen LogP contribution in [0.25, 0.3) is 0 Å². The van der Waals surface area contributed by atoms with Gasteiger partial charge in [-0.25, -0.2) is 11.3 Å². The van der Waals surface area contributed by atoms with Gasteiger partial charge >= 0.3 is 0 Å². The number of hydrogen-bond acceptors (Lipinski definition) is 6. The summed E-state index contributed by atoms with van der Waals surface area (Å²) in [4.78, 5) is 23.9. The molecule has 30 heavy (non-hydrogen) atoms. The van der Waals surface area contributed by atoms with Gasteiger partial charge in [0.05, 0.1) is 19.0 Å². The van der Waals surface area contributed by atoms with Crippen LogP contribution < -0.4 is 22.4 Å². The van der Waals surface area contributed by atoms with Gasteiger partial charge in [-0.3, -0.25) is 14.8 Å². The monoisotopic (exact) mass is 475 g/mol. The molecule has 0 aliphatic rings. The van der Waals surface area contributed by atoms with Crippen LogP contribution in [0.4, 0.5) is 0 Å². The predicted octanol–water partition coefficient (Wildman–Crippen LogP) is 1.97. The summed E-state index contributed by atoms with van der Waals surface area (Å²) in [7, 11) is 0. The lowest BCUT2D eigenvalue weighted by atomic mass is 10.0. The average molecular weight is 476 g/mol. The first-order valence-corrected chi connectivity index (χ1v) is 10.1. The minimum Gasteiger partial charge on any atom is -0.399 e. The topological polar surface area (TPSA) is 134 Å². The van der Waals surface area contributed by atoms with Gasteiger partial charge in [0.1, 0.15) is 0 Å². The molecule has 0 saturated carbocycles. The number of benzene rings is 2. The molecule has 7 N–H and O–H groups in total. The maximum atomic E-state index is 12.2. The van der Waals surface area contributed by atoms with Crippen LogP contribution in [0.1, 0.15) is 27.9 Å². The second-order valence-electron chi connectivity index (χ2n) is 6.93. The molecule has 2 aromatic carbocycles. The van der Waals surface area contributed by atoms with Crippen molar-refractivity contribution in [2.75, 3.05) is 6.54 Å². The number of nitrogens with one attached hydrogen (secondary N) is 2. The minimum atomic E-state index is -0.565. The molecule has 0 heterocycles. The SMILES string of the molecule is Cc1ccc(C(=O)NC/C(N)=C/N(N)C(CC(=O)NO)Cc2cccc(Br)c2)cc1. The molecule has 0 saturated heterocycles. The third kappa shape index (κ3) is 7.51. The highest BCUT2D eigenvalue weighted by Crippen LogP contribution is 2.16. The summed E-state index contributed by atoms with van der Waals surface area (Å²) in [6.07, 6.45) is 1.88. The van der Waals surface area contributed by atoms with Crippen LogP contribution in [0.5, 0.6) is 0 Å². The van der Waals surface area contributed by atoms with Gasteiger partial charge in [0.2, 0.25) is 5.91 Å². The zero-order chi connectivity index (χ0) is 22.1. The molecule has 0 aliphatic heterocycles. The predicted molar refractivity (Wildman–Crippen MR) is 118 cm³/mol. The van der Waals surface area contributed by atoms with E-state index in [9.17, 15) is 9.59 Å².